The van der Waals surface area contributed by atoms with Gasteiger partial charge in [0.15, 0.2) is 10.0 Å². The first kappa shape index (κ1) is 15.6. The van der Waals surface area contributed by atoms with Crippen LogP contribution in [0.2, 0.25) is 0 Å². The monoisotopic (exact) mass is 347 g/mol. The maximum absolute atomic E-state index is 11.8. The largest absolute Gasteiger partial charge is 0.464 e. The van der Waals surface area contributed by atoms with E-state index >= 15 is 0 Å². The highest BCUT2D eigenvalue weighted by Gasteiger charge is 2.20. The van der Waals surface area contributed by atoms with Crippen LogP contribution in [-0.4, -0.2) is 43.8 Å². The molecule has 0 N–H and O–H groups in total. The topological polar surface area (TPSA) is 82.8 Å². The number of hydrogen-bond donors (Lipinski definition) is 0. The summed E-state index contributed by atoms with van der Waals surface area (Å²) >= 11 is 3.02. The Bertz CT molecular complexity index is 816. The smallest absolute Gasteiger partial charge is 0.358 e. The van der Waals surface area contributed by atoms with Gasteiger partial charge >= 0.3 is 5.97 Å². The van der Waals surface area contributed by atoms with Gasteiger partial charge in [0.05, 0.1) is 18.5 Å². The predicted octanol–water partition coefficient (Wildman–Crippen LogP) is 2.68. The van der Waals surface area contributed by atoms with Crippen LogP contribution in [0.3, 0.4) is 0 Å². The van der Waals surface area contributed by atoms with Gasteiger partial charge in [-0.2, -0.15) is 5.10 Å². The van der Waals surface area contributed by atoms with Crippen LogP contribution in [0.1, 0.15) is 17.4 Å². The summed E-state index contributed by atoms with van der Waals surface area (Å²) in [5.41, 5.74) is 1.55. The lowest BCUT2D eigenvalue weighted by Crippen LogP contribution is -2.04. The molecule has 3 aromatic heterocycles. The molecule has 0 aliphatic carbocycles. The number of hydrogen-bond acceptors (Lipinski definition) is 8. The van der Waals surface area contributed by atoms with Crippen molar-refractivity contribution in [3.8, 4) is 16.5 Å². The average molecular weight is 347 g/mol. The van der Waals surface area contributed by atoms with Crippen LogP contribution in [0.15, 0.2) is 34.8 Å². The number of methoxy groups -OCH3 is 1. The molecule has 9 heteroatoms. The number of thioether (sulfide) groups is 1. The highest BCUT2D eigenvalue weighted by molar-refractivity contribution is 8.01. The number of pyridine rings is 1. The molecule has 3 rings (SSSR count). The van der Waals surface area contributed by atoms with Crippen LogP contribution in [0.25, 0.3) is 16.5 Å². The third-order valence-corrected chi connectivity index (χ3v) is 4.79. The SMILES string of the molecule is CCSc1nnc(-n2nc(C(=O)OC)cc2-c2ccccn2)s1. The molecule has 3 aromatic rings. The Morgan fingerprint density at radius 3 is 2.96 bits per heavy atom. The first-order valence-corrected chi connectivity index (χ1v) is 8.59. The highest BCUT2D eigenvalue weighted by atomic mass is 32.2. The normalized spacial score (nSPS) is 10.7. The van der Waals surface area contributed by atoms with E-state index in [4.69, 9.17) is 4.74 Å². The minimum atomic E-state index is -0.506. The van der Waals surface area contributed by atoms with Crippen LogP contribution in [0.5, 0.6) is 0 Å². The quantitative estimate of drug-likeness (QED) is 0.518. The molecule has 0 saturated carbocycles. The molecule has 0 unspecified atom stereocenters. The molecule has 0 amide bonds. The van der Waals surface area contributed by atoms with Gasteiger partial charge in [0.25, 0.3) is 0 Å². The first-order chi connectivity index (χ1) is 11.2. The summed E-state index contributed by atoms with van der Waals surface area (Å²) in [4.78, 5) is 16.1. The van der Waals surface area contributed by atoms with E-state index in [-0.39, 0.29) is 5.69 Å². The maximum atomic E-state index is 11.8. The van der Waals surface area contributed by atoms with E-state index in [9.17, 15) is 4.79 Å². The van der Waals surface area contributed by atoms with E-state index in [1.165, 1.54) is 18.4 Å². The van der Waals surface area contributed by atoms with Crippen molar-refractivity contribution in [2.24, 2.45) is 0 Å². The second-order valence-electron chi connectivity index (χ2n) is 4.32. The van der Waals surface area contributed by atoms with Crippen molar-refractivity contribution < 1.29 is 9.53 Å². The van der Waals surface area contributed by atoms with E-state index in [0.29, 0.717) is 16.5 Å². The molecule has 0 aromatic carbocycles. The Hall–Kier alpha value is -2.26. The zero-order valence-electron chi connectivity index (χ0n) is 12.5. The van der Waals surface area contributed by atoms with E-state index in [2.05, 4.69) is 20.3 Å². The van der Waals surface area contributed by atoms with Gasteiger partial charge in [-0.25, -0.2) is 9.48 Å². The Balaban J connectivity index is 2.09. The summed E-state index contributed by atoms with van der Waals surface area (Å²) in [5, 5.41) is 13.2. The van der Waals surface area contributed by atoms with Gasteiger partial charge < -0.3 is 4.74 Å². The number of aromatic nitrogens is 5. The number of rotatable bonds is 5. The van der Waals surface area contributed by atoms with Gasteiger partial charge in [-0.1, -0.05) is 36.1 Å². The molecule has 0 fully saturated rings. The summed E-state index contributed by atoms with van der Waals surface area (Å²) < 4.78 is 7.18. The number of ether oxygens (including phenoxy) is 1. The van der Waals surface area contributed by atoms with Crippen LogP contribution in [-0.2, 0) is 4.74 Å². The zero-order valence-corrected chi connectivity index (χ0v) is 14.1. The van der Waals surface area contributed by atoms with Crippen molar-refractivity contribution in [3.05, 3.63) is 36.2 Å². The Kier molecular flexibility index (Phi) is 4.68. The van der Waals surface area contributed by atoms with E-state index in [1.54, 1.807) is 28.7 Å². The molecule has 0 spiro atoms. The Labute approximate surface area is 140 Å². The number of carbonyl (C=O) groups is 1. The minimum Gasteiger partial charge on any atom is -0.464 e. The molecule has 7 nitrogen and oxygen atoms in total. The summed E-state index contributed by atoms with van der Waals surface area (Å²) in [6, 6.07) is 7.18. The number of carbonyl (C=O) groups excluding carboxylic acids is 1. The van der Waals surface area contributed by atoms with Crippen molar-refractivity contribution in [3.63, 3.8) is 0 Å². The summed E-state index contributed by atoms with van der Waals surface area (Å²) in [5.74, 6) is 0.405. The predicted molar refractivity (Wildman–Crippen MR) is 88.0 cm³/mol. The summed E-state index contributed by atoms with van der Waals surface area (Å²) in [7, 11) is 1.32. The molecule has 0 saturated heterocycles. The van der Waals surface area contributed by atoms with Crippen LogP contribution < -0.4 is 0 Å². The lowest BCUT2D eigenvalue weighted by atomic mass is 10.2. The molecule has 0 radical (unpaired) electrons. The standard InChI is InChI=1S/C14H13N5O2S2/c1-3-22-14-17-16-13(23-14)19-11(9-6-4-5-7-15-9)8-10(18-19)12(20)21-2/h4-8H,3H2,1-2H3. The molecule has 0 bridgehead atoms. The summed E-state index contributed by atoms with van der Waals surface area (Å²) in [6.45, 7) is 2.05. The fourth-order valence-electron chi connectivity index (χ4n) is 1.90. The lowest BCUT2D eigenvalue weighted by molar-refractivity contribution is 0.0593. The van der Waals surface area contributed by atoms with Crippen LogP contribution >= 0.6 is 23.1 Å². The highest BCUT2D eigenvalue weighted by Crippen LogP contribution is 2.28. The third-order valence-electron chi connectivity index (χ3n) is 2.88. The van der Waals surface area contributed by atoms with E-state index < -0.39 is 5.97 Å². The Morgan fingerprint density at radius 2 is 2.26 bits per heavy atom. The number of esters is 1. The van der Waals surface area contributed by atoms with Crippen molar-refractivity contribution in [2.45, 2.75) is 11.3 Å². The van der Waals surface area contributed by atoms with E-state index in [0.717, 1.165) is 10.1 Å². The molecule has 0 aliphatic heterocycles. The van der Waals surface area contributed by atoms with Gasteiger partial charge in [0.2, 0.25) is 5.13 Å². The molecule has 118 valence electrons. The van der Waals surface area contributed by atoms with Crippen LogP contribution in [0.4, 0.5) is 0 Å². The molecule has 3 heterocycles. The van der Waals surface area contributed by atoms with Gasteiger partial charge in [-0.3, -0.25) is 4.98 Å². The fraction of sp³-hybridized carbons (Fsp3) is 0.214. The summed E-state index contributed by atoms with van der Waals surface area (Å²) in [6.07, 6.45) is 1.68. The fourth-order valence-corrected chi connectivity index (χ4v) is 3.60. The second-order valence-corrected chi connectivity index (χ2v) is 6.78. The van der Waals surface area contributed by atoms with Gasteiger partial charge in [0.1, 0.15) is 0 Å². The molecule has 0 atom stereocenters. The average Bonchev–Trinajstić information content (AvgIpc) is 3.22. The lowest BCUT2D eigenvalue weighted by Gasteiger charge is -2.01. The molecule has 23 heavy (non-hydrogen) atoms. The first-order valence-electron chi connectivity index (χ1n) is 6.79. The van der Waals surface area contributed by atoms with Gasteiger partial charge in [-0.15, -0.1) is 10.2 Å². The van der Waals surface area contributed by atoms with Crippen molar-refractivity contribution in [1.29, 1.82) is 0 Å². The molecule has 0 aliphatic rings. The molecular formula is C14H13N5O2S2. The second kappa shape index (κ2) is 6.88. The van der Waals surface area contributed by atoms with Crippen molar-refractivity contribution in [1.82, 2.24) is 25.0 Å². The van der Waals surface area contributed by atoms with Crippen molar-refractivity contribution in [2.75, 3.05) is 12.9 Å². The van der Waals surface area contributed by atoms with Gasteiger partial charge in [0, 0.05) is 12.3 Å². The third kappa shape index (κ3) is 3.25. The minimum absolute atomic E-state index is 0.202. The molecular weight excluding hydrogens is 334 g/mol. The van der Waals surface area contributed by atoms with Crippen molar-refractivity contribution >= 4 is 29.1 Å². The van der Waals surface area contributed by atoms with E-state index in [1.807, 2.05) is 25.1 Å². The zero-order chi connectivity index (χ0) is 16.2. The Morgan fingerprint density at radius 1 is 1.39 bits per heavy atom. The maximum Gasteiger partial charge on any atom is 0.358 e. The number of nitrogens with zero attached hydrogens (tertiary/aromatic N) is 5. The van der Waals surface area contributed by atoms with Crippen LogP contribution in [0, 0.1) is 0 Å². The van der Waals surface area contributed by atoms with Gasteiger partial charge in [-0.05, 0) is 17.9 Å².